The largest absolute Gasteiger partial charge is 0.391 e. The van der Waals surface area contributed by atoms with Gasteiger partial charge in [0.15, 0.2) is 0 Å². The van der Waals surface area contributed by atoms with Crippen LogP contribution in [-0.4, -0.2) is 36.9 Å². The SMILES string of the molecule is CC1CC(NCC2CNCC2O)CC(C)(C)C1. The average Bonchev–Trinajstić information content (AvgIpc) is 2.58. The highest BCUT2D eigenvalue weighted by Gasteiger charge is 2.33. The van der Waals surface area contributed by atoms with E-state index in [4.69, 9.17) is 0 Å². The molecule has 0 aromatic carbocycles. The van der Waals surface area contributed by atoms with Gasteiger partial charge in [-0.05, 0) is 30.6 Å². The van der Waals surface area contributed by atoms with Gasteiger partial charge in [0, 0.05) is 31.6 Å². The van der Waals surface area contributed by atoms with Gasteiger partial charge in [-0.3, -0.25) is 0 Å². The Kier molecular flexibility index (Phi) is 4.11. The monoisotopic (exact) mass is 240 g/mol. The lowest BCUT2D eigenvalue weighted by Crippen LogP contribution is -2.43. The summed E-state index contributed by atoms with van der Waals surface area (Å²) in [5.41, 5.74) is 0.474. The Bertz CT molecular complexity index is 255. The summed E-state index contributed by atoms with van der Waals surface area (Å²) < 4.78 is 0. The summed E-state index contributed by atoms with van der Waals surface area (Å²) in [6.07, 6.45) is 3.75. The first-order valence-electron chi connectivity index (χ1n) is 7.08. The number of aliphatic hydroxyl groups is 1. The molecule has 3 heteroatoms. The van der Waals surface area contributed by atoms with Gasteiger partial charge in [-0.2, -0.15) is 0 Å². The topological polar surface area (TPSA) is 44.3 Å². The van der Waals surface area contributed by atoms with Crippen molar-refractivity contribution in [1.82, 2.24) is 10.6 Å². The summed E-state index contributed by atoms with van der Waals surface area (Å²) in [4.78, 5) is 0. The number of rotatable bonds is 3. The molecule has 1 aliphatic heterocycles. The van der Waals surface area contributed by atoms with E-state index in [9.17, 15) is 5.11 Å². The van der Waals surface area contributed by atoms with Crippen molar-refractivity contribution in [3.8, 4) is 0 Å². The van der Waals surface area contributed by atoms with Crippen LogP contribution in [0.15, 0.2) is 0 Å². The van der Waals surface area contributed by atoms with Crippen molar-refractivity contribution >= 4 is 0 Å². The van der Waals surface area contributed by atoms with Crippen molar-refractivity contribution in [3.63, 3.8) is 0 Å². The lowest BCUT2D eigenvalue weighted by atomic mass is 9.70. The van der Waals surface area contributed by atoms with Crippen LogP contribution in [0.1, 0.15) is 40.0 Å². The maximum Gasteiger partial charge on any atom is 0.0716 e. The van der Waals surface area contributed by atoms with Crippen LogP contribution in [0.4, 0.5) is 0 Å². The zero-order valence-electron chi connectivity index (χ0n) is 11.5. The Morgan fingerprint density at radius 2 is 2.06 bits per heavy atom. The molecule has 1 saturated carbocycles. The first kappa shape index (κ1) is 13.3. The number of hydrogen-bond donors (Lipinski definition) is 3. The second-order valence-corrected chi connectivity index (χ2v) is 7.00. The van der Waals surface area contributed by atoms with Gasteiger partial charge in [0.1, 0.15) is 0 Å². The smallest absolute Gasteiger partial charge is 0.0716 e. The van der Waals surface area contributed by atoms with Gasteiger partial charge in [-0.15, -0.1) is 0 Å². The summed E-state index contributed by atoms with van der Waals surface area (Å²) in [5.74, 6) is 1.22. The predicted octanol–water partition coefficient (Wildman–Crippen LogP) is 1.37. The molecule has 4 atom stereocenters. The standard InChI is InChI=1S/C14H28N2O/c1-10-4-12(6-14(2,3)5-10)16-8-11-7-15-9-13(11)17/h10-13,15-17H,4-9H2,1-3H3. The molecule has 0 aromatic heterocycles. The molecule has 2 aliphatic rings. The van der Waals surface area contributed by atoms with Crippen LogP contribution in [0.5, 0.6) is 0 Å². The fraction of sp³-hybridized carbons (Fsp3) is 1.00. The summed E-state index contributed by atoms with van der Waals surface area (Å²) in [7, 11) is 0. The van der Waals surface area contributed by atoms with E-state index >= 15 is 0 Å². The lowest BCUT2D eigenvalue weighted by Gasteiger charge is -2.39. The first-order valence-corrected chi connectivity index (χ1v) is 7.08. The van der Waals surface area contributed by atoms with Crippen LogP contribution >= 0.6 is 0 Å². The van der Waals surface area contributed by atoms with E-state index in [1.807, 2.05) is 0 Å². The lowest BCUT2D eigenvalue weighted by molar-refractivity contribution is 0.124. The van der Waals surface area contributed by atoms with Gasteiger partial charge in [0.05, 0.1) is 6.10 Å². The van der Waals surface area contributed by atoms with E-state index in [2.05, 4.69) is 31.4 Å². The van der Waals surface area contributed by atoms with Gasteiger partial charge in [0.2, 0.25) is 0 Å². The van der Waals surface area contributed by atoms with Crippen molar-refractivity contribution < 1.29 is 5.11 Å². The van der Waals surface area contributed by atoms with Crippen LogP contribution < -0.4 is 10.6 Å². The summed E-state index contributed by atoms with van der Waals surface area (Å²) in [6.45, 7) is 9.80. The minimum Gasteiger partial charge on any atom is -0.391 e. The summed E-state index contributed by atoms with van der Waals surface area (Å²) in [6, 6.07) is 0.640. The number of nitrogens with one attached hydrogen (secondary N) is 2. The molecule has 2 fully saturated rings. The fourth-order valence-corrected chi connectivity index (χ4v) is 3.75. The van der Waals surface area contributed by atoms with Crippen LogP contribution in [0.25, 0.3) is 0 Å². The minimum absolute atomic E-state index is 0.156. The van der Waals surface area contributed by atoms with Gasteiger partial charge in [-0.1, -0.05) is 20.8 Å². The molecular formula is C14H28N2O. The van der Waals surface area contributed by atoms with Crippen molar-refractivity contribution in [2.75, 3.05) is 19.6 Å². The second kappa shape index (κ2) is 5.25. The third-order valence-electron chi connectivity index (χ3n) is 4.36. The zero-order valence-corrected chi connectivity index (χ0v) is 11.5. The molecule has 3 nitrogen and oxygen atoms in total. The molecule has 2 rings (SSSR count). The Labute approximate surface area is 105 Å². The minimum atomic E-state index is -0.156. The summed E-state index contributed by atoms with van der Waals surface area (Å²) >= 11 is 0. The van der Waals surface area contributed by atoms with E-state index in [-0.39, 0.29) is 6.10 Å². The third-order valence-corrected chi connectivity index (χ3v) is 4.36. The van der Waals surface area contributed by atoms with E-state index < -0.39 is 0 Å². The van der Waals surface area contributed by atoms with Crippen LogP contribution in [0.3, 0.4) is 0 Å². The molecule has 1 saturated heterocycles. The van der Waals surface area contributed by atoms with E-state index in [1.54, 1.807) is 0 Å². The number of aliphatic hydroxyl groups excluding tert-OH is 1. The molecule has 17 heavy (non-hydrogen) atoms. The quantitative estimate of drug-likeness (QED) is 0.698. The molecule has 0 radical (unpaired) electrons. The predicted molar refractivity (Wildman–Crippen MR) is 71.0 cm³/mol. The van der Waals surface area contributed by atoms with E-state index in [0.29, 0.717) is 17.4 Å². The molecular weight excluding hydrogens is 212 g/mol. The van der Waals surface area contributed by atoms with Gasteiger partial charge in [0.25, 0.3) is 0 Å². The summed E-state index contributed by atoms with van der Waals surface area (Å²) in [5, 5.41) is 16.7. The highest BCUT2D eigenvalue weighted by atomic mass is 16.3. The van der Waals surface area contributed by atoms with Gasteiger partial charge < -0.3 is 15.7 Å². The normalized spacial score (nSPS) is 41.6. The fourth-order valence-electron chi connectivity index (χ4n) is 3.75. The third kappa shape index (κ3) is 3.67. The molecule has 3 N–H and O–H groups in total. The van der Waals surface area contributed by atoms with Crippen molar-refractivity contribution in [3.05, 3.63) is 0 Å². The van der Waals surface area contributed by atoms with Crippen LogP contribution in [-0.2, 0) is 0 Å². The Morgan fingerprint density at radius 1 is 1.29 bits per heavy atom. The molecule has 4 unspecified atom stereocenters. The first-order chi connectivity index (χ1) is 7.96. The Balaban J connectivity index is 1.78. The Hall–Kier alpha value is -0.120. The molecule has 1 heterocycles. The van der Waals surface area contributed by atoms with Gasteiger partial charge in [-0.25, -0.2) is 0 Å². The molecule has 0 spiro atoms. The average molecular weight is 240 g/mol. The highest BCUT2D eigenvalue weighted by molar-refractivity contribution is 4.89. The number of β-amino-alcohol motifs (C(OH)–C–C–N with tert-alkyl or cyclic N) is 1. The highest BCUT2D eigenvalue weighted by Crippen LogP contribution is 2.38. The second-order valence-electron chi connectivity index (χ2n) is 7.00. The van der Waals surface area contributed by atoms with E-state index in [1.165, 1.54) is 19.3 Å². The van der Waals surface area contributed by atoms with Crippen molar-refractivity contribution in [2.45, 2.75) is 52.2 Å². The van der Waals surface area contributed by atoms with Crippen LogP contribution in [0.2, 0.25) is 0 Å². The molecule has 0 aromatic rings. The van der Waals surface area contributed by atoms with E-state index in [0.717, 1.165) is 25.6 Å². The molecule has 100 valence electrons. The number of hydrogen-bond acceptors (Lipinski definition) is 3. The van der Waals surface area contributed by atoms with Crippen LogP contribution in [0, 0.1) is 17.3 Å². The molecule has 0 amide bonds. The maximum atomic E-state index is 9.77. The maximum absolute atomic E-state index is 9.77. The molecule has 0 bridgehead atoms. The zero-order chi connectivity index (χ0) is 12.5. The van der Waals surface area contributed by atoms with Crippen molar-refractivity contribution in [2.24, 2.45) is 17.3 Å². The Morgan fingerprint density at radius 3 is 2.65 bits per heavy atom. The molecule has 1 aliphatic carbocycles. The van der Waals surface area contributed by atoms with Gasteiger partial charge >= 0.3 is 0 Å². The van der Waals surface area contributed by atoms with Crippen molar-refractivity contribution in [1.29, 1.82) is 0 Å².